The van der Waals surface area contributed by atoms with Gasteiger partial charge in [0.15, 0.2) is 5.96 Å². The average Bonchev–Trinajstić information content (AvgIpc) is 2.97. The molecule has 0 aromatic heterocycles. The number of hydrogen-bond donors (Lipinski definition) is 2. The van der Waals surface area contributed by atoms with Gasteiger partial charge in [0.2, 0.25) is 0 Å². The van der Waals surface area contributed by atoms with E-state index in [1.807, 2.05) is 24.3 Å². The molecule has 1 aliphatic rings. The van der Waals surface area contributed by atoms with Gasteiger partial charge in [0.25, 0.3) is 0 Å². The summed E-state index contributed by atoms with van der Waals surface area (Å²) in [5.74, 6) is 0.858. The Labute approximate surface area is 137 Å². The minimum atomic E-state index is 0. The van der Waals surface area contributed by atoms with Crippen molar-refractivity contribution < 1.29 is 0 Å². The highest BCUT2D eigenvalue weighted by atomic mass is 127. The van der Waals surface area contributed by atoms with Gasteiger partial charge in [0.1, 0.15) is 0 Å². The Morgan fingerprint density at radius 2 is 1.95 bits per heavy atom. The Balaban J connectivity index is 0.00000200. The summed E-state index contributed by atoms with van der Waals surface area (Å²) in [6.07, 6.45) is 5.09. The van der Waals surface area contributed by atoms with Crippen molar-refractivity contribution in [3.63, 3.8) is 0 Å². The van der Waals surface area contributed by atoms with E-state index in [4.69, 9.17) is 5.26 Å². The minimum absolute atomic E-state index is 0. The van der Waals surface area contributed by atoms with Crippen LogP contribution in [-0.4, -0.2) is 19.0 Å². The molecule has 0 atom stereocenters. The summed E-state index contributed by atoms with van der Waals surface area (Å²) in [5, 5.41) is 15.5. The van der Waals surface area contributed by atoms with Crippen molar-refractivity contribution in [2.45, 2.75) is 38.3 Å². The van der Waals surface area contributed by atoms with Crippen molar-refractivity contribution >= 4 is 29.9 Å². The molecular formula is C15H21IN4. The molecule has 2 rings (SSSR count). The van der Waals surface area contributed by atoms with E-state index in [1.165, 1.54) is 25.7 Å². The van der Waals surface area contributed by atoms with E-state index in [0.29, 0.717) is 11.6 Å². The van der Waals surface area contributed by atoms with Gasteiger partial charge < -0.3 is 10.6 Å². The highest BCUT2D eigenvalue weighted by molar-refractivity contribution is 14.0. The van der Waals surface area contributed by atoms with Crippen LogP contribution in [-0.2, 0) is 6.54 Å². The fourth-order valence-electron chi connectivity index (χ4n) is 2.34. The number of nitrogens with zero attached hydrogens (tertiary/aromatic N) is 2. The fourth-order valence-corrected chi connectivity index (χ4v) is 2.34. The van der Waals surface area contributed by atoms with Crippen LogP contribution in [0.4, 0.5) is 0 Å². The molecular weight excluding hydrogens is 363 g/mol. The molecule has 0 saturated heterocycles. The number of benzene rings is 1. The van der Waals surface area contributed by atoms with Gasteiger partial charge in [0, 0.05) is 19.6 Å². The van der Waals surface area contributed by atoms with E-state index in [9.17, 15) is 0 Å². The molecule has 0 amide bonds. The van der Waals surface area contributed by atoms with Gasteiger partial charge in [-0.1, -0.05) is 25.0 Å². The third kappa shape index (κ3) is 5.00. The number of hydrogen-bond acceptors (Lipinski definition) is 2. The molecule has 0 unspecified atom stereocenters. The van der Waals surface area contributed by atoms with E-state index < -0.39 is 0 Å². The fraction of sp³-hybridized carbons (Fsp3) is 0.467. The van der Waals surface area contributed by atoms with Gasteiger partial charge in [-0.3, -0.25) is 4.99 Å². The molecule has 1 aliphatic carbocycles. The molecule has 1 aromatic carbocycles. The van der Waals surface area contributed by atoms with Gasteiger partial charge in [-0.05, 0) is 30.5 Å². The van der Waals surface area contributed by atoms with E-state index in [1.54, 1.807) is 7.05 Å². The maximum Gasteiger partial charge on any atom is 0.191 e. The Morgan fingerprint density at radius 3 is 2.50 bits per heavy atom. The highest BCUT2D eigenvalue weighted by Crippen LogP contribution is 2.17. The summed E-state index contributed by atoms with van der Waals surface area (Å²) in [7, 11) is 1.79. The molecule has 1 aromatic rings. The van der Waals surface area contributed by atoms with Crippen LogP contribution in [0.1, 0.15) is 36.8 Å². The molecule has 1 fully saturated rings. The molecule has 2 N–H and O–H groups in total. The first-order valence-corrected chi connectivity index (χ1v) is 6.78. The predicted molar refractivity (Wildman–Crippen MR) is 92.2 cm³/mol. The van der Waals surface area contributed by atoms with Crippen LogP contribution >= 0.6 is 24.0 Å². The third-order valence-electron chi connectivity index (χ3n) is 3.46. The molecule has 0 spiro atoms. The summed E-state index contributed by atoms with van der Waals surface area (Å²) < 4.78 is 0. The SMILES string of the molecule is CN=C(NCc1ccc(C#N)cc1)NC1CCCC1.I. The van der Waals surface area contributed by atoms with Gasteiger partial charge in [0.05, 0.1) is 11.6 Å². The second-order valence-electron chi connectivity index (χ2n) is 4.86. The van der Waals surface area contributed by atoms with Crippen LogP contribution in [0, 0.1) is 11.3 Å². The second-order valence-corrected chi connectivity index (χ2v) is 4.86. The average molecular weight is 384 g/mol. The number of rotatable bonds is 3. The maximum atomic E-state index is 8.75. The highest BCUT2D eigenvalue weighted by Gasteiger charge is 2.15. The molecule has 0 heterocycles. The largest absolute Gasteiger partial charge is 0.354 e. The number of nitrogens with one attached hydrogen (secondary N) is 2. The van der Waals surface area contributed by atoms with Crippen LogP contribution in [0.15, 0.2) is 29.3 Å². The Kier molecular flexibility index (Phi) is 7.37. The monoisotopic (exact) mass is 384 g/mol. The van der Waals surface area contributed by atoms with Crippen molar-refractivity contribution in [2.75, 3.05) is 7.05 Å². The Bertz CT molecular complexity index is 470. The van der Waals surface area contributed by atoms with Gasteiger partial charge in [-0.25, -0.2) is 0 Å². The number of guanidine groups is 1. The van der Waals surface area contributed by atoms with E-state index in [2.05, 4.69) is 21.7 Å². The summed E-state index contributed by atoms with van der Waals surface area (Å²) in [6, 6.07) is 10.3. The van der Waals surface area contributed by atoms with Crippen LogP contribution in [0.2, 0.25) is 0 Å². The summed E-state index contributed by atoms with van der Waals surface area (Å²) in [6.45, 7) is 0.720. The molecule has 5 heteroatoms. The lowest BCUT2D eigenvalue weighted by Crippen LogP contribution is -2.41. The zero-order chi connectivity index (χ0) is 13.5. The van der Waals surface area contributed by atoms with Crippen LogP contribution in [0.5, 0.6) is 0 Å². The third-order valence-corrected chi connectivity index (χ3v) is 3.46. The Hall–Kier alpha value is -1.29. The second kappa shape index (κ2) is 8.80. The van der Waals surface area contributed by atoms with Crippen molar-refractivity contribution in [1.82, 2.24) is 10.6 Å². The summed E-state index contributed by atoms with van der Waals surface area (Å²) in [4.78, 5) is 4.24. The first-order chi connectivity index (χ1) is 9.31. The lowest BCUT2D eigenvalue weighted by molar-refractivity contribution is 0.613. The molecule has 20 heavy (non-hydrogen) atoms. The van der Waals surface area contributed by atoms with Crippen LogP contribution in [0.3, 0.4) is 0 Å². The quantitative estimate of drug-likeness (QED) is 0.479. The summed E-state index contributed by atoms with van der Waals surface area (Å²) in [5.41, 5.74) is 1.84. The molecule has 0 aliphatic heterocycles. The van der Waals surface area contributed by atoms with E-state index in [0.717, 1.165) is 18.1 Å². The number of nitriles is 1. The van der Waals surface area contributed by atoms with Gasteiger partial charge in [-0.2, -0.15) is 5.26 Å². The van der Waals surface area contributed by atoms with E-state index in [-0.39, 0.29) is 24.0 Å². The first-order valence-electron chi connectivity index (χ1n) is 6.78. The molecule has 4 nitrogen and oxygen atoms in total. The summed E-state index contributed by atoms with van der Waals surface area (Å²) >= 11 is 0. The van der Waals surface area contributed by atoms with Crippen molar-refractivity contribution in [3.05, 3.63) is 35.4 Å². The zero-order valence-corrected chi connectivity index (χ0v) is 14.1. The molecule has 0 radical (unpaired) electrons. The number of halogens is 1. The Morgan fingerprint density at radius 1 is 1.30 bits per heavy atom. The van der Waals surface area contributed by atoms with E-state index >= 15 is 0 Å². The topological polar surface area (TPSA) is 60.2 Å². The predicted octanol–water partition coefficient (Wildman–Crippen LogP) is 2.78. The lowest BCUT2D eigenvalue weighted by atomic mass is 10.1. The van der Waals surface area contributed by atoms with Crippen molar-refractivity contribution in [3.8, 4) is 6.07 Å². The van der Waals surface area contributed by atoms with Crippen LogP contribution in [0.25, 0.3) is 0 Å². The molecule has 108 valence electrons. The molecule has 1 saturated carbocycles. The van der Waals surface area contributed by atoms with Crippen molar-refractivity contribution in [1.29, 1.82) is 5.26 Å². The minimum Gasteiger partial charge on any atom is -0.354 e. The maximum absolute atomic E-state index is 8.75. The van der Waals surface area contributed by atoms with Gasteiger partial charge >= 0.3 is 0 Å². The van der Waals surface area contributed by atoms with Gasteiger partial charge in [-0.15, -0.1) is 24.0 Å². The zero-order valence-electron chi connectivity index (χ0n) is 11.7. The first kappa shape index (κ1) is 16.8. The normalized spacial score (nSPS) is 15.3. The smallest absolute Gasteiger partial charge is 0.191 e. The number of aliphatic imine (C=N–C) groups is 1. The lowest BCUT2D eigenvalue weighted by Gasteiger charge is -2.16. The molecule has 0 bridgehead atoms. The standard InChI is InChI=1S/C15H20N4.HI/c1-17-15(19-14-4-2-3-5-14)18-11-13-8-6-12(10-16)7-9-13;/h6-9,14H,2-5,11H2,1H3,(H2,17,18,19);1H. The van der Waals surface area contributed by atoms with Crippen LogP contribution < -0.4 is 10.6 Å². The van der Waals surface area contributed by atoms with Crippen molar-refractivity contribution in [2.24, 2.45) is 4.99 Å².